The van der Waals surface area contributed by atoms with E-state index in [9.17, 15) is 4.79 Å². The van der Waals surface area contributed by atoms with Crippen LogP contribution in [0.1, 0.15) is 78.1 Å². The van der Waals surface area contributed by atoms with Gasteiger partial charge in [0.15, 0.2) is 5.60 Å². The van der Waals surface area contributed by atoms with Gasteiger partial charge in [-0.25, -0.2) is 4.79 Å². The first kappa shape index (κ1) is 26.2. The van der Waals surface area contributed by atoms with E-state index in [1.165, 1.54) is 6.42 Å². The molecule has 0 bridgehead atoms. The summed E-state index contributed by atoms with van der Waals surface area (Å²) >= 11 is 0. The largest absolute Gasteiger partial charge is 0.494 e. The van der Waals surface area contributed by atoms with Gasteiger partial charge in [0.25, 0.3) is 0 Å². The van der Waals surface area contributed by atoms with E-state index in [4.69, 9.17) is 14.2 Å². The van der Waals surface area contributed by atoms with Gasteiger partial charge >= 0.3 is 5.97 Å². The third-order valence-electron chi connectivity index (χ3n) is 8.20. The van der Waals surface area contributed by atoms with E-state index in [1.54, 1.807) is 0 Å². The fourth-order valence-electron chi connectivity index (χ4n) is 6.11. The highest BCUT2D eigenvalue weighted by atomic mass is 16.5. The average Bonchev–Trinajstić information content (AvgIpc) is 3.01. The normalized spacial score (nSPS) is 18.6. The van der Waals surface area contributed by atoms with E-state index >= 15 is 0 Å². The molecule has 1 unspecified atom stereocenters. The molecule has 1 fully saturated rings. The summed E-state index contributed by atoms with van der Waals surface area (Å²) in [4.78, 5) is 13.7. The highest BCUT2D eigenvalue weighted by Gasteiger charge is 2.39. The van der Waals surface area contributed by atoms with E-state index in [1.807, 2.05) is 49.4 Å². The summed E-state index contributed by atoms with van der Waals surface area (Å²) in [6.45, 7) is 4.79. The van der Waals surface area contributed by atoms with Crippen molar-refractivity contribution in [3.8, 4) is 11.5 Å². The first-order valence-electron chi connectivity index (χ1n) is 14.5. The van der Waals surface area contributed by atoms with Gasteiger partial charge in [-0.15, -0.1) is 0 Å². The van der Waals surface area contributed by atoms with Gasteiger partial charge in [0.05, 0.1) is 12.2 Å². The Hall–Kier alpha value is -4.05. The van der Waals surface area contributed by atoms with Crippen LogP contribution < -0.4 is 9.47 Å². The number of esters is 1. The monoisotopic (exact) mass is 532 g/mol. The predicted molar refractivity (Wildman–Crippen MR) is 160 cm³/mol. The van der Waals surface area contributed by atoms with Gasteiger partial charge < -0.3 is 14.2 Å². The van der Waals surface area contributed by atoms with Gasteiger partial charge in [-0.3, -0.25) is 0 Å². The Morgan fingerprint density at radius 1 is 0.875 bits per heavy atom. The minimum absolute atomic E-state index is 0.0203. The van der Waals surface area contributed by atoms with Gasteiger partial charge in [-0.2, -0.15) is 0 Å². The van der Waals surface area contributed by atoms with Crippen LogP contribution in [0.4, 0.5) is 0 Å². The van der Waals surface area contributed by atoms with Crippen molar-refractivity contribution in [2.24, 2.45) is 0 Å². The molecule has 1 aliphatic carbocycles. The molecule has 0 saturated heterocycles. The lowest BCUT2D eigenvalue weighted by molar-refractivity contribution is 0.0209. The highest BCUT2D eigenvalue weighted by Crippen LogP contribution is 2.47. The lowest BCUT2D eigenvalue weighted by Gasteiger charge is -2.37. The first-order chi connectivity index (χ1) is 19.6. The number of rotatable bonds is 7. The van der Waals surface area contributed by atoms with Crippen LogP contribution in [0.2, 0.25) is 0 Å². The summed E-state index contributed by atoms with van der Waals surface area (Å²) in [6, 6.07) is 26.6. The zero-order valence-corrected chi connectivity index (χ0v) is 23.3. The van der Waals surface area contributed by atoms with Crippen molar-refractivity contribution in [2.45, 2.75) is 64.1 Å². The summed E-state index contributed by atoms with van der Waals surface area (Å²) < 4.78 is 19.1. The molecule has 1 saturated carbocycles. The van der Waals surface area contributed by atoms with Crippen LogP contribution in [-0.2, 0) is 10.3 Å². The molecule has 0 aromatic heterocycles. The van der Waals surface area contributed by atoms with E-state index in [2.05, 4.69) is 55.5 Å². The number of carbonyl (C=O) groups is 1. The SMILES string of the molecule is CCCOc1ccc(C2(c3ccccc3)C=Cc3c(C(=O)OC4CCCCC4)c(C)c4ccccc4c3O2)cc1. The standard InChI is InChI=1S/C36H36O4/c1-3-24-38-28-20-18-27(19-21-28)36(26-12-6-4-7-13-26)23-22-32-33(35(37)39-29-14-8-5-9-15-29)25(2)30-16-10-11-17-31(30)34(32)40-36/h4,6-7,10-13,16-23,29H,3,5,8-9,14-15,24H2,1-2H3. The van der Waals surface area contributed by atoms with E-state index < -0.39 is 5.60 Å². The molecule has 4 aromatic carbocycles. The van der Waals surface area contributed by atoms with Gasteiger partial charge in [0.2, 0.25) is 0 Å². The number of ether oxygens (including phenoxy) is 3. The molecule has 204 valence electrons. The van der Waals surface area contributed by atoms with Gasteiger partial charge in [-0.05, 0) is 74.3 Å². The van der Waals surface area contributed by atoms with Crippen molar-refractivity contribution in [3.05, 3.63) is 113 Å². The second-order valence-electron chi connectivity index (χ2n) is 10.9. The molecule has 0 N–H and O–H groups in total. The van der Waals surface area contributed by atoms with E-state index in [0.29, 0.717) is 17.9 Å². The van der Waals surface area contributed by atoms with Gasteiger partial charge in [0, 0.05) is 22.1 Å². The van der Waals surface area contributed by atoms with Crippen LogP contribution in [0, 0.1) is 6.92 Å². The third-order valence-corrected chi connectivity index (χ3v) is 8.20. The van der Waals surface area contributed by atoms with Crippen molar-refractivity contribution >= 4 is 22.8 Å². The fraction of sp³-hybridized carbons (Fsp3) is 0.306. The van der Waals surface area contributed by atoms with Crippen LogP contribution in [0.3, 0.4) is 0 Å². The van der Waals surface area contributed by atoms with Crippen LogP contribution in [0.25, 0.3) is 16.8 Å². The second-order valence-corrected chi connectivity index (χ2v) is 10.9. The molecule has 6 rings (SSSR count). The van der Waals surface area contributed by atoms with Crippen molar-refractivity contribution in [1.29, 1.82) is 0 Å². The zero-order valence-electron chi connectivity index (χ0n) is 23.3. The maximum atomic E-state index is 13.7. The van der Waals surface area contributed by atoms with Crippen LogP contribution in [0.5, 0.6) is 11.5 Å². The quantitative estimate of drug-likeness (QED) is 0.223. The van der Waals surface area contributed by atoms with Crippen LogP contribution in [-0.4, -0.2) is 18.7 Å². The van der Waals surface area contributed by atoms with E-state index in [-0.39, 0.29) is 12.1 Å². The van der Waals surface area contributed by atoms with Crippen molar-refractivity contribution in [1.82, 2.24) is 0 Å². The summed E-state index contributed by atoms with van der Waals surface area (Å²) in [5.74, 6) is 1.28. The summed E-state index contributed by atoms with van der Waals surface area (Å²) in [7, 11) is 0. The highest BCUT2D eigenvalue weighted by molar-refractivity contribution is 6.06. The average molecular weight is 533 g/mol. The number of hydrogen-bond donors (Lipinski definition) is 0. The Balaban J connectivity index is 1.49. The minimum Gasteiger partial charge on any atom is -0.494 e. The Labute approximate surface area is 236 Å². The molecule has 0 spiro atoms. The molecule has 4 aromatic rings. The zero-order chi connectivity index (χ0) is 27.5. The lowest BCUT2D eigenvalue weighted by Crippen LogP contribution is -2.35. The third kappa shape index (κ3) is 4.77. The van der Waals surface area contributed by atoms with Crippen molar-refractivity contribution in [3.63, 3.8) is 0 Å². The number of benzene rings is 4. The summed E-state index contributed by atoms with van der Waals surface area (Å²) in [6.07, 6.45) is 10.4. The Morgan fingerprint density at radius 3 is 2.27 bits per heavy atom. The molecule has 40 heavy (non-hydrogen) atoms. The first-order valence-corrected chi connectivity index (χ1v) is 14.5. The van der Waals surface area contributed by atoms with Crippen LogP contribution >= 0.6 is 0 Å². The molecule has 1 heterocycles. The molecule has 2 aliphatic rings. The number of aryl methyl sites for hydroxylation is 1. The molecular weight excluding hydrogens is 496 g/mol. The fourth-order valence-corrected chi connectivity index (χ4v) is 6.11. The molecule has 0 radical (unpaired) electrons. The second kappa shape index (κ2) is 11.2. The predicted octanol–water partition coefficient (Wildman–Crippen LogP) is 8.78. The number of hydrogen-bond acceptors (Lipinski definition) is 4. The van der Waals surface area contributed by atoms with Crippen molar-refractivity contribution in [2.75, 3.05) is 6.61 Å². The molecule has 4 nitrogen and oxygen atoms in total. The van der Waals surface area contributed by atoms with Crippen molar-refractivity contribution < 1.29 is 19.0 Å². The van der Waals surface area contributed by atoms with Gasteiger partial charge in [0.1, 0.15) is 17.6 Å². The molecule has 0 amide bonds. The summed E-state index contributed by atoms with van der Waals surface area (Å²) in [5.41, 5.74) is 3.43. The molecule has 4 heteroatoms. The topological polar surface area (TPSA) is 44.8 Å². The minimum atomic E-state index is -0.875. The molecule has 1 aliphatic heterocycles. The smallest absolute Gasteiger partial charge is 0.339 e. The number of fused-ring (bicyclic) bond motifs is 3. The number of carbonyl (C=O) groups excluding carboxylic acids is 1. The molecule has 1 atom stereocenters. The maximum Gasteiger partial charge on any atom is 0.339 e. The van der Waals surface area contributed by atoms with Gasteiger partial charge in [-0.1, -0.05) is 80.1 Å². The maximum absolute atomic E-state index is 13.7. The van der Waals surface area contributed by atoms with E-state index in [0.717, 1.165) is 70.9 Å². The Morgan fingerprint density at radius 2 is 1.55 bits per heavy atom. The lowest BCUT2D eigenvalue weighted by atomic mass is 9.82. The Bertz CT molecular complexity index is 1530. The molecular formula is C36H36O4. The Kier molecular flexibility index (Phi) is 7.34. The summed E-state index contributed by atoms with van der Waals surface area (Å²) in [5, 5.41) is 1.98. The van der Waals surface area contributed by atoms with Crippen LogP contribution in [0.15, 0.2) is 84.9 Å².